The average Bonchev–Trinajstić information content (AvgIpc) is 2.69. The minimum Gasteiger partial charge on any atom is -0.453 e. The molecule has 0 aliphatic rings. The second-order valence-corrected chi connectivity index (χ2v) is 4.32. The van der Waals surface area contributed by atoms with Gasteiger partial charge in [-0.1, -0.05) is 24.3 Å². The third kappa shape index (κ3) is 2.14. The normalized spacial score (nSPS) is 10.4. The highest BCUT2D eigenvalue weighted by atomic mass is 32.1. The lowest BCUT2D eigenvalue weighted by Gasteiger charge is -1.96. The molecule has 0 saturated carbocycles. The molecule has 0 spiro atoms. The van der Waals surface area contributed by atoms with E-state index in [0.29, 0.717) is 5.13 Å². The maximum absolute atomic E-state index is 11.0. The van der Waals surface area contributed by atoms with Gasteiger partial charge in [-0.3, -0.25) is 5.32 Å². The minimum atomic E-state index is -0.491. The molecule has 1 aromatic heterocycles. The molecule has 16 heavy (non-hydrogen) atoms. The van der Waals surface area contributed by atoms with E-state index in [1.54, 1.807) is 0 Å². The highest BCUT2D eigenvalue weighted by molar-refractivity contribution is 7.22. The van der Waals surface area contributed by atoms with Crippen molar-refractivity contribution < 1.29 is 9.53 Å². The number of anilines is 1. The van der Waals surface area contributed by atoms with Crippen LogP contribution in [0.1, 0.15) is 12.5 Å². The van der Waals surface area contributed by atoms with Crippen LogP contribution in [0, 0.1) is 0 Å². The fourth-order valence-corrected chi connectivity index (χ4v) is 2.30. The van der Waals surface area contributed by atoms with E-state index >= 15 is 0 Å². The Balaban J connectivity index is 2.32. The molecule has 84 valence electrons. The van der Waals surface area contributed by atoms with Crippen molar-refractivity contribution in [1.82, 2.24) is 4.98 Å². The number of benzene rings is 1. The molecule has 0 radical (unpaired) electrons. The van der Waals surface area contributed by atoms with E-state index in [1.807, 2.05) is 12.1 Å². The van der Waals surface area contributed by atoms with Crippen LogP contribution in [0.3, 0.4) is 0 Å². The fourth-order valence-electron chi connectivity index (χ4n) is 1.38. The van der Waals surface area contributed by atoms with Gasteiger partial charge >= 0.3 is 6.09 Å². The highest BCUT2D eigenvalue weighted by Crippen LogP contribution is 2.26. The summed E-state index contributed by atoms with van der Waals surface area (Å²) in [4.78, 5) is 15.3. The molecule has 0 saturated heterocycles. The third-order valence-electron chi connectivity index (χ3n) is 2.26. The molecule has 0 unspecified atom stereocenters. The number of carbonyl (C=O) groups is 1. The van der Waals surface area contributed by atoms with Gasteiger partial charge in [-0.15, -0.1) is 0 Å². The first-order valence-electron chi connectivity index (χ1n) is 4.97. The van der Waals surface area contributed by atoms with Crippen molar-refractivity contribution in [3.8, 4) is 0 Å². The highest BCUT2D eigenvalue weighted by Gasteiger charge is 2.07. The van der Waals surface area contributed by atoms with Crippen molar-refractivity contribution in [2.45, 2.75) is 13.3 Å². The van der Waals surface area contributed by atoms with Crippen molar-refractivity contribution in [2.75, 3.05) is 12.4 Å². The molecule has 0 fully saturated rings. The number of carbonyl (C=O) groups excluding carboxylic acids is 1. The molecule has 0 aliphatic heterocycles. The summed E-state index contributed by atoms with van der Waals surface area (Å²) in [5.74, 6) is 0. The molecule has 0 bridgehead atoms. The maximum atomic E-state index is 11.0. The number of aromatic nitrogens is 1. The van der Waals surface area contributed by atoms with Crippen LogP contribution in [0.4, 0.5) is 9.93 Å². The summed E-state index contributed by atoms with van der Waals surface area (Å²) in [6, 6.07) is 6.10. The number of nitrogens with one attached hydrogen (secondary N) is 1. The molecule has 2 rings (SSSR count). The molecule has 1 aromatic carbocycles. The summed E-state index contributed by atoms with van der Waals surface area (Å²) in [6.07, 6.45) is 0.503. The lowest BCUT2D eigenvalue weighted by Crippen LogP contribution is -2.10. The van der Waals surface area contributed by atoms with Crippen molar-refractivity contribution >= 4 is 32.8 Å². The van der Waals surface area contributed by atoms with Gasteiger partial charge in [-0.05, 0) is 24.1 Å². The monoisotopic (exact) mass is 236 g/mol. The lowest BCUT2D eigenvalue weighted by atomic mass is 10.2. The number of hydrogen-bond donors (Lipinski definition) is 1. The Morgan fingerprint density at radius 3 is 3.06 bits per heavy atom. The lowest BCUT2D eigenvalue weighted by molar-refractivity contribution is 0.187. The first-order valence-corrected chi connectivity index (χ1v) is 5.79. The van der Waals surface area contributed by atoms with E-state index < -0.39 is 6.09 Å². The number of rotatable bonds is 2. The van der Waals surface area contributed by atoms with E-state index in [1.165, 1.54) is 24.0 Å². The van der Waals surface area contributed by atoms with E-state index in [0.717, 1.165) is 16.6 Å². The molecule has 5 heteroatoms. The summed E-state index contributed by atoms with van der Waals surface area (Å²) in [7, 11) is 1.33. The molecule has 0 atom stereocenters. The smallest absolute Gasteiger partial charge is 0.413 e. The van der Waals surface area contributed by atoms with E-state index in [4.69, 9.17) is 0 Å². The molecular weight excluding hydrogens is 224 g/mol. The zero-order valence-corrected chi connectivity index (χ0v) is 9.93. The average molecular weight is 236 g/mol. The molecule has 1 N–H and O–H groups in total. The van der Waals surface area contributed by atoms with Crippen LogP contribution >= 0.6 is 11.3 Å². The van der Waals surface area contributed by atoms with Crippen LogP contribution in [-0.4, -0.2) is 18.2 Å². The number of ether oxygens (including phenoxy) is 1. The largest absolute Gasteiger partial charge is 0.453 e. The SMILES string of the molecule is CCc1ccc2nc(NC(=O)OC)sc2c1. The van der Waals surface area contributed by atoms with Gasteiger partial charge in [0.25, 0.3) is 0 Å². The Morgan fingerprint density at radius 2 is 2.38 bits per heavy atom. The minimum absolute atomic E-state index is 0.491. The van der Waals surface area contributed by atoms with E-state index in [-0.39, 0.29) is 0 Å². The summed E-state index contributed by atoms with van der Waals surface area (Å²) in [6.45, 7) is 2.11. The summed E-state index contributed by atoms with van der Waals surface area (Å²) in [5.41, 5.74) is 2.16. The zero-order valence-electron chi connectivity index (χ0n) is 9.11. The van der Waals surface area contributed by atoms with Crippen LogP contribution in [0.2, 0.25) is 0 Å². The Hall–Kier alpha value is -1.62. The Bertz CT molecular complexity index is 522. The second-order valence-electron chi connectivity index (χ2n) is 3.29. The van der Waals surface area contributed by atoms with Gasteiger partial charge in [0.1, 0.15) is 0 Å². The maximum Gasteiger partial charge on any atom is 0.413 e. The van der Waals surface area contributed by atoms with Gasteiger partial charge < -0.3 is 4.74 Å². The first-order chi connectivity index (χ1) is 7.72. The number of nitrogens with zero attached hydrogens (tertiary/aromatic N) is 1. The zero-order chi connectivity index (χ0) is 11.5. The molecule has 4 nitrogen and oxygen atoms in total. The van der Waals surface area contributed by atoms with Gasteiger partial charge in [0, 0.05) is 0 Å². The second kappa shape index (κ2) is 4.49. The fraction of sp³-hybridized carbons (Fsp3) is 0.273. The predicted molar refractivity (Wildman–Crippen MR) is 65.0 cm³/mol. The molecule has 1 heterocycles. The number of fused-ring (bicyclic) bond motifs is 1. The Kier molecular flexibility index (Phi) is 3.05. The number of amides is 1. The summed E-state index contributed by atoms with van der Waals surface area (Å²) in [5, 5.41) is 3.13. The van der Waals surface area contributed by atoms with Crippen molar-refractivity contribution in [1.29, 1.82) is 0 Å². The molecule has 1 amide bonds. The Morgan fingerprint density at radius 1 is 1.56 bits per heavy atom. The first kappa shape index (κ1) is 10.9. The van der Waals surface area contributed by atoms with Crippen molar-refractivity contribution in [3.63, 3.8) is 0 Å². The Labute approximate surface area is 97.3 Å². The van der Waals surface area contributed by atoms with E-state index in [9.17, 15) is 4.79 Å². The number of hydrogen-bond acceptors (Lipinski definition) is 4. The summed E-state index contributed by atoms with van der Waals surface area (Å²) < 4.78 is 5.59. The van der Waals surface area contributed by atoms with Gasteiger partial charge in [-0.25, -0.2) is 9.78 Å². The van der Waals surface area contributed by atoms with Gasteiger partial charge in [0.2, 0.25) is 0 Å². The van der Waals surface area contributed by atoms with Gasteiger partial charge in [0.15, 0.2) is 5.13 Å². The van der Waals surface area contributed by atoms with Crippen LogP contribution in [-0.2, 0) is 11.2 Å². The molecular formula is C11H12N2O2S. The van der Waals surface area contributed by atoms with Crippen molar-refractivity contribution in [2.24, 2.45) is 0 Å². The van der Waals surface area contributed by atoms with Crippen LogP contribution in [0.5, 0.6) is 0 Å². The van der Waals surface area contributed by atoms with E-state index in [2.05, 4.69) is 28.0 Å². The van der Waals surface area contributed by atoms with Crippen LogP contribution in [0.25, 0.3) is 10.2 Å². The summed E-state index contributed by atoms with van der Waals surface area (Å²) >= 11 is 1.45. The third-order valence-corrected chi connectivity index (χ3v) is 3.19. The van der Waals surface area contributed by atoms with Crippen LogP contribution in [0.15, 0.2) is 18.2 Å². The van der Waals surface area contributed by atoms with Crippen LogP contribution < -0.4 is 5.32 Å². The van der Waals surface area contributed by atoms with Gasteiger partial charge in [-0.2, -0.15) is 0 Å². The quantitative estimate of drug-likeness (QED) is 0.871. The standard InChI is InChI=1S/C11H12N2O2S/c1-3-7-4-5-8-9(6-7)16-10(12-8)13-11(14)15-2/h4-6H,3H2,1-2H3,(H,12,13,14). The molecule has 2 aromatic rings. The van der Waals surface area contributed by atoms with Crippen molar-refractivity contribution in [3.05, 3.63) is 23.8 Å². The number of methoxy groups -OCH3 is 1. The number of thiazole rings is 1. The van der Waals surface area contributed by atoms with Gasteiger partial charge in [0.05, 0.1) is 17.3 Å². The molecule has 0 aliphatic carbocycles. The predicted octanol–water partition coefficient (Wildman–Crippen LogP) is 3.04. The number of aryl methyl sites for hydroxylation is 1. The topological polar surface area (TPSA) is 51.2 Å².